The lowest BCUT2D eigenvalue weighted by atomic mass is 9.93. The minimum Gasteiger partial charge on any atom is -0.437 e. The first-order chi connectivity index (χ1) is 11.5. The third-order valence-corrected chi connectivity index (χ3v) is 4.14. The highest BCUT2D eigenvalue weighted by atomic mass is 35.5. The van der Waals surface area contributed by atoms with Gasteiger partial charge in [-0.15, -0.1) is 0 Å². The van der Waals surface area contributed by atoms with Crippen LogP contribution in [0.2, 0.25) is 10.0 Å². The van der Waals surface area contributed by atoms with Crippen molar-refractivity contribution in [3.8, 4) is 6.07 Å². The molecule has 4 nitrogen and oxygen atoms in total. The van der Waals surface area contributed by atoms with Crippen molar-refractivity contribution >= 4 is 40.5 Å². The Labute approximate surface area is 148 Å². The molecule has 1 fully saturated rings. The smallest absolute Gasteiger partial charge is 0.216 e. The van der Waals surface area contributed by atoms with Crippen LogP contribution in [0.1, 0.15) is 17.0 Å². The van der Waals surface area contributed by atoms with Gasteiger partial charge >= 0.3 is 0 Å². The SMILES string of the molecule is N#CC(=C1OC(=N)C(c2ccc(Cl)cc2)C1=O)c1ccc(Cl)cc1. The van der Waals surface area contributed by atoms with Crippen molar-refractivity contribution in [2.45, 2.75) is 5.92 Å². The fourth-order valence-electron chi connectivity index (χ4n) is 2.46. The van der Waals surface area contributed by atoms with E-state index in [0.717, 1.165) is 0 Å². The molecule has 24 heavy (non-hydrogen) atoms. The number of nitrogens with one attached hydrogen (secondary N) is 1. The largest absolute Gasteiger partial charge is 0.437 e. The molecule has 1 aliphatic heterocycles. The summed E-state index contributed by atoms with van der Waals surface area (Å²) in [5.74, 6) is -1.62. The van der Waals surface area contributed by atoms with Crippen molar-refractivity contribution in [1.29, 1.82) is 10.7 Å². The molecular formula is C18H10Cl2N2O2. The number of carbonyl (C=O) groups excluding carboxylic acids is 1. The number of carbonyl (C=O) groups is 1. The molecule has 1 N–H and O–H groups in total. The number of ketones is 1. The molecule has 0 aromatic heterocycles. The average Bonchev–Trinajstić information content (AvgIpc) is 2.86. The number of halogens is 2. The van der Waals surface area contributed by atoms with Gasteiger partial charge in [0.1, 0.15) is 17.6 Å². The van der Waals surface area contributed by atoms with Gasteiger partial charge < -0.3 is 4.74 Å². The quantitative estimate of drug-likeness (QED) is 0.631. The highest BCUT2D eigenvalue weighted by Gasteiger charge is 2.40. The number of nitrogens with zero attached hydrogens (tertiary/aromatic N) is 1. The molecule has 3 rings (SSSR count). The van der Waals surface area contributed by atoms with Crippen LogP contribution >= 0.6 is 23.2 Å². The first kappa shape index (κ1) is 16.3. The zero-order valence-corrected chi connectivity index (χ0v) is 13.7. The first-order valence-corrected chi connectivity index (χ1v) is 7.73. The number of rotatable bonds is 2. The Bertz CT molecular complexity index is 894. The summed E-state index contributed by atoms with van der Waals surface area (Å²) in [6.07, 6.45) is 0. The molecule has 1 heterocycles. The van der Waals surface area contributed by atoms with Crippen LogP contribution < -0.4 is 0 Å². The van der Waals surface area contributed by atoms with E-state index in [9.17, 15) is 10.1 Å². The number of benzene rings is 2. The van der Waals surface area contributed by atoms with E-state index in [1.807, 2.05) is 6.07 Å². The summed E-state index contributed by atoms with van der Waals surface area (Å²) in [7, 11) is 0. The second kappa shape index (κ2) is 6.48. The van der Waals surface area contributed by atoms with Gasteiger partial charge in [-0.25, -0.2) is 0 Å². The Morgan fingerprint density at radius 1 is 1.04 bits per heavy atom. The molecule has 0 spiro atoms. The van der Waals surface area contributed by atoms with Crippen molar-refractivity contribution in [3.63, 3.8) is 0 Å². The number of Topliss-reactive ketones (excluding diaryl/α,β-unsaturated/α-hetero) is 1. The molecule has 0 amide bonds. The number of nitriles is 1. The highest BCUT2D eigenvalue weighted by molar-refractivity contribution is 6.31. The second-order valence-electron chi connectivity index (χ2n) is 5.14. The van der Waals surface area contributed by atoms with E-state index >= 15 is 0 Å². The Morgan fingerprint density at radius 2 is 1.58 bits per heavy atom. The lowest BCUT2D eigenvalue weighted by Crippen LogP contribution is -2.12. The third-order valence-electron chi connectivity index (χ3n) is 3.64. The molecule has 0 bridgehead atoms. The van der Waals surface area contributed by atoms with Crippen LogP contribution in [0.5, 0.6) is 0 Å². The molecule has 118 valence electrons. The van der Waals surface area contributed by atoms with Crippen molar-refractivity contribution in [2.24, 2.45) is 0 Å². The zero-order valence-electron chi connectivity index (χ0n) is 12.2. The molecule has 6 heteroatoms. The van der Waals surface area contributed by atoms with Crippen molar-refractivity contribution in [3.05, 3.63) is 75.5 Å². The van der Waals surface area contributed by atoms with Crippen LogP contribution in [0.3, 0.4) is 0 Å². The fraction of sp³-hybridized carbons (Fsp3) is 0.0556. The Balaban J connectivity index is 2.05. The van der Waals surface area contributed by atoms with Gasteiger partial charge in [-0.3, -0.25) is 10.2 Å². The second-order valence-corrected chi connectivity index (χ2v) is 6.01. The number of allylic oxidation sites excluding steroid dienone is 2. The van der Waals surface area contributed by atoms with E-state index in [0.29, 0.717) is 21.2 Å². The maximum absolute atomic E-state index is 12.7. The molecule has 1 unspecified atom stereocenters. The van der Waals surface area contributed by atoms with Crippen LogP contribution in [0, 0.1) is 16.7 Å². The number of hydrogen-bond acceptors (Lipinski definition) is 4. The summed E-state index contributed by atoms with van der Waals surface area (Å²) in [5, 5.41) is 18.5. The van der Waals surface area contributed by atoms with Crippen LogP contribution in [0.15, 0.2) is 54.3 Å². The van der Waals surface area contributed by atoms with E-state index in [1.165, 1.54) is 0 Å². The van der Waals surface area contributed by atoms with Gasteiger partial charge in [0.25, 0.3) is 0 Å². The van der Waals surface area contributed by atoms with E-state index in [-0.39, 0.29) is 17.2 Å². The standard InChI is InChI=1S/C18H10Cl2N2O2/c19-12-5-1-10(2-6-12)14(9-21)17-16(23)15(18(22)24-17)11-3-7-13(20)8-4-11/h1-8,15,22H. The number of ether oxygens (including phenoxy) is 1. The minimum atomic E-state index is -0.868. The predicted molar refractivity (Wildman–Crippen MR) is 92.0 cm³/mol. The predicted octanol–water partition coefficient (Wildman–Crippen LogP) is 4.59. The van der Waals surface area contributed by atoms with Crippen LogP contribution in [0.25, 0.3) is 5.57 Å². The fourth-order valence-corrected chi connectivity index (χ4v) is 2.72. The van der Waals surface area contributed by atoms with E-state index in [1.54, 1.807) is 48.5 Å². The Hall–Kier alpha value is -2.61. The Kier molecular flexibility index (Phi) is 4.39. The van der Waals surface area contributed by atoms with Crippen LogP contribution in [-0.2, 0) is 9.53 Å². The normalized spacial score (nSPS) is 19.0. The third kappa shape index (κ3) is 2.92. The lowest BCUT2D eigenvalue weighted by molar-refractivity contribution is -0.115. The molecule has 1 atom stereocenters. The van der Waals surface area contributed by atoms with Gasteiger partial charge in [0.15, 0.2) is 5.76 Å². The summed E-state index contributed by atoms with van der Waals surface area (Å²) >= 11 is 11.7. The summed E-state index contributed by atoms with van der Waals surface area (Å²) in [6.45, 7) is 0. The molecule has 2 aromatic rings. The maximum Gasteiger partial charge on any atom is 0.216 e. The van der Waals surface area contributed by atoms with E-state index < -0.39 is 11.7 Å². The molecule has 0 radical (unpaired) electrons. The minimum absolute atomic E-state index is 0.0814. The molecule has 0 saturated carbocycles. The van der Waals surface area contributed by atoms with E-state index in [4.69, 9.17) is 33.3 Å². The lowest BCUT2D eigenvalue weighted by Gasteiger charge is -2.05. The van der Waals surface area contributed by atoms with Crippen LogP contribution in [-0.4, -0.2) is 11.7 Å². The van der Waals surface area contributed by atoms with Crippen LogP contribution in [0.4, 0.5) is 0 Å². The summed E-state index contributed by atoms with van der Waals surface area (Å²) < 4.78 is 5.33. The molecule has 1 aliphatic rings. The van der Waals surface area contributed by atoms with Crippen molar-refractivity contribution < 1.29 is 9.53 Å². The first-order valence-electron chi connectivity index (χ1n) is 6.97. The van der Waals surface area contributed by atoms with Gasteiger partial charge in [0.2, 0.25) is 11.7 Å². The molecular weight excluding hydrogens is 347 g/mol. The van der Waals surface area contributed by atoms with Gasteiger partial charge in [-0.05, 0) is 35.4 Å². The van der Waals surface area contributed by atoms with Gasteiger partial charge in [0, 0.05) is 10.0 Å². The average molecular weight is 357 g/mol. The van der Waals surface area contributed by atoms with E-state index in [2.05, 4.69) is 0 Å². The van der Waals surface area contributed by atoms with Crippen molar-refractivity contribution in [1.82, 2.24) is 0 Å². The van der Waals surface area contributed by atoms with Crippen molar-refractivity contribution in [2.75, 3.05) is 0 Å². The molecule has 2 aromatic carbocycles. The summed E-state index contributed by atoms with van der Waals surface area (Å²) in [5.41, 5.74) is 1.19. The monoisotopic (exact) mass is 356 g/mol. The summed E-state index contributed by atoms with van der Waals surface area (Å²) in [6, 6.07) is 15.1. The maximum atomic E-state index is 12.7. The highest BCUT2D eigenvalue weighted by Crippen LogP contribution is 2.34. The van der Waals surface area contributed by atoms with Gasteiger partial charge in [0.05, 0.1) is 0 Å². The molecule has 0 aliphatic carbocycles. The van der Waals surface area contributed by atoms with Gasteiger partial charge in [-0.2, -0.15) is 5.26 Å². The van der Waals surface area contributed by atoms with Gasteiger partial charge in [-0.1, -0.05) is 47.5 Å². The topological polar surface area (TPSA) is 73.9 Å². The summed E-state index contributed by atoms with van der Waals surface area (Å²) in [4.78, 5) is 12.7. The Morgan fingerprint density at radius 3 is 2.12 bits per heavy atom. The zero-order chi connectivity index (χ0) is 17.3. The number of hydrogen-bond donors (Lipinski definition) is 1. The molecule has 1 saturated heterocycles.